The Kier molecular flexibility index (Phi) is 11.4. The highest BCUT2D eigenvalue weighted by Gasteiger charge is 1.91. The number of carbonyl (C=O) groups is 1. The second-order valence-corrected chi connectivity index (χ2v) is 3.30. The molecular weight excluding hydrogens is 228 g/mol. The zero-order valence-corrected chi connectivity index (χ0v) is 10.6. The fourth-order valence-corrected chi connectivity index (χ4v) is 1.03. The maximum atomic E-state index is 11.0. The third-order valence-electron chi connectivity index (χ3n) is 1.82. The summed E-state index contributed by atoms with van der Waals surface area (Å²) in [6.07, 6.45) is 17.2. The number of esters is 1. The van der Waals surface area contributed by atoms with Gasteiger partial charge in [0.15, 0.2) is 6.61 Å². The fourth-order valence-electron chi connectivity index (χ4n) is 1.03. The monoisotopic (exact) mass is 246 g/mol. The Morgan fingerprint density at radius 3 is 2.89 bits per heavy atom. The molecule has 0 spiro atoms. The van der Waals surface area contributed by atoms with Crippen molar-refractivity contribution in [3.8, 4) is 24.4 Å². The van der Waals surface area contributed by atoms with E-state index < -0.39 is 5.97 Å². The zero-order valence-electron chi connectivity index (χ0n) is 10.6. The summed E-state index contributed by atoms with van der Waals surface area (Å²) in [5.74, 6) is 4.45. The van der Waals surface area contributed by atoms with Crippen molar-refractivity contribution in [1.29, 1.82) is 0 Å². The van der Waals surface area contributed by atoms with Crippen LogP contribution in [-0.2, 0) is 14.3 Å². The number of carbonyl (C=O) groups excluding carboxylic acids is 1. The molecule has 0 aliphatic heterocycles. The molecule has 0 aromatic rings. The minimum absolute atomic E-state index is 0.00748. The van der Waals surface area contributed by atoms with Gasteiger partial charge >= 0.3 is 5.97 Å². The van der Waals surface area contributed by atoms with Crippen molar-refractivity contribution in [2.75, 3.05) is 13.2 Å². The van der Waals surface area contributed by atoms with Gasteiger partial charge in [0.1, 0.15) is 12.7 Å². The average Bonchev–Trinajstić information content (AvgIpc) is 2.38. The van der Waals surface area contributed by atoms with E-state index in [0.717, 1.165) is 19.3 Å². The van der Waals surface area contributed by atoms with Crippen molar-refractivity contribution >= 4 is 5.97 Å². The third kappa shape index (κ3) is 11.9. The van der Waals surface area contributed by atoms with Crippen molar-refractivity contribution < 1.29 is 14.3 Å². The van der Waals surface area contributed by atoms with Crippen molar-refractivity contribution in [2.45, 2.75) is 26.2 Å². The van der Waals surface area contributed by atoms with Crippen LogP contribution in [0.15, 0.2) is 24.3 Å². The van der Waals surface area contributed by atoms with E-state index in [1.807, 2.05) is 12.2 Å². The van der Waals surface area contributed by atoms with Crippen LogP contribution in [0.2, 0.25) is 0 Å². The normalized spacial score (nSPS) is 9.78. The predicted molar refractivity (Wildman–Crippen MR) is 71.3 cm³/mol. The second kappa shape index (κ2) is 12.9. The summed E-state index contributed by atoms with van der Waals surface area (Å²) < 4.78 is 9.65. The van der Waals surface area contributed by atoms with E-state index in [1.54, 1.807) is 13.0 Å². The Morgan fingerprint density at radius 1 is 1.33 bits per heavy atom. The number of hydrogen-bond acceptors (Lipinski definition) is 3. The summed E-state index contributed by atoms with van der Waals surface area (Å²) >= 11 is 0. The topological polar surface area (TPSA) is 35.5 Å². The lowest BCUT2D eigenvalue weighted by molar-refractivity contribution is -0.136. The summed E-state index contributed by atoms with van der Waals surface area (Å²) in [5, 5.41) is 0. The maximum absolute atomic E-state index is 11.0. The van der Waals surface area contributed by atoms with E-state index in [0.29, 0.717) is 6.61 Å². The molecule has 3 heteroatoms. The minimum Gasteiger partial charge on any atom is -0.449 e. The number of rotatable bonds is 8. The summed E-state index contributed by atoms with van der Waals surface area (Å²) in [7, 11) is 0. The van der Waals surface area contributed by atoms with Gasteiger partial charge in [0.2, 0.25) is 0 Å². The first-order valence-corrected chi connectivity index (χ1v) is 5.78. The Labute approximate surface area is 109 Å². The summed E-state index contributed by atoms with van der Waals surface area (Å²) in [6.45, 7) is 2.40. The van der Waals surface area contributed by atoms with Crippen molar-refractivity contribution in [2.24, 2.45) is 0 Å². The molecule has 0 aromatic carbocycles. The largest absolute Gasteiger partial charge is 0.449 e. The smallest absolute Gasteiger partial charge is 0.331 e. The highest BCUT2D eigenvalue weighted by molar-refractivity contribution is 5.82. The average molecular weight is 246 g/mol. The molecule has 0 saturated carbocycles. The van der Waals surface area contributed by atoms with Crippen LogP contribution in [0.1, 0.15) is 26.2 Å². The van der Waals surface area contributed by atoms with Gasteiger partial charge < -0.3 is 9.47 Å². The van der Waals surface area contributed by atoms with Crippen molar-refractivity contribution in [3.05, 3.63) is 24.3 Å². The Balaban J connectivity index is 3.47. The molecule has 0 aliphatic rings. The lowest BCUT2D eigenvalue weighted by Gasteiger charge is -1.95. The fraction of sp³-hybridized carbons (Fsp3) is 0.400. The van der Waals surface area contributed by atoms with Gasteiger partial charge in [0.25, 0.3) is 0 Å². The first-order chi connectivity index (χ1) is 8.81. The van der Waals surface area contributed by atoms with Crippen LogP contribution in [0.4, 0.5) is 0 Å². The van der Waals surface area contributed by atoms with Gasteiger partial charge in [0.05, 0.1) is 0 Å². The highest BCUT2D eigenvalue weighted by atomic mass is 16.5. The molecule has 0 N–H and O–H groups in total. The van der Waals surface area contributed by atoms with Gasteiger partial charge in [-0.1, -0.05) is 30.1 Å². The lowest BCUT2D eigenvalue weighted by Crippen LogP contribution is -1.99. The summed E-state index contributed by atoms with van der Waals surface area (Å²) in [6, 6.07) is 0. The van der Waals surface area contributed by atoms with Crippen LogP contribution in [0, 0.1) is 24.4 Å². The molecule has 0 heterocycles. The second-order valence-electron chi connectivity index (χ2n) is 3.30. The summed E-state index contributed by atoms with van der Waals surface area (Å²) in [4.78, 5) is 11.0. The van der Waals surface area contributed by atoms with Crippen LogP contribution in [0.3, 0.4) is 0 Å². The van der Waals surface area contributed by atoms with Crippen molar-refractivity contribution in [3.63, 3.8) is 0 Å². The summed E-state index contributed by atoms with van der Waals surface area (Å²) in [5.41, 5.74) is 0. The minimum atomic E-state index is -0.427. The van der Waals surface area contributed by atoms with Crippen LogP contribution in [0.25, 0.3) is 0 Å². The van der Waals surface area contributed by atoms with Gasteiger partial charge in [-0.25, -0.2) is 4.79 Å². The van der Waals surface area contributed by atoms with Gasteiger partial charge in [-0.3, -0.25) is 0 Å². The van der Waals surface area contributed by atoms with E-state index >= 15 is 0 Å². The van der Waals surface area contributed by atoms with Crippen LogP contribution >= 0.6 is 0 Å². The molecule has 3 nitrogen and oxygen atoms in total. The number of terminal acetylenes is 1. The maximum Gasteiger partial charge on any atom is 0.331 e. The molecule has 0 saturated heterocycles. The van der Waals surface area contributed by atoms with Crippen LogP contribution in [0.5, 0.6) is 0 Å². The first-order valence-electron chi connectivity index (χ1n) is 5.78. The van der Waals surface area contributed by atoms with E-state index in [4.69, 9.17) is 11.2 Å². The molecule has 0 bridgehead atoms. The number of ether oxygens (including phenoxy) is 2. The molecule has 0 radical (unpaired) electrons. The molecule has 0 unspecified atom stereocenters. The molecular formula is C15H18O3. The third-order valence-corrected chi connectivity index (χ3v) is 1.82. The first kappa shape index (κ1) is 15.9. The number of allylic oxidation sites excluding steroid dienone is 3. The molecule has 0 aromatic heterocycles. The Bertz CT molecular complexity index is 375. The van der Waals surface area contributed by atoms with E-state index in [2.05, 4.69) is 22.7 Å². The molecule has 0 rings (SSSR count). The SMILES string of the molecule is C#CCOC(=O)/C=C/C=C/CCCCOC#CC. The van der Waals surface area contributed by atoms with E-state index in [9.17, 15) is 4.79 Å². The van der Waals surface area contributed by atoms with E-state index in [-0.39, 0.29) is 6.61 Å². The predicted octanol–water partition coefficient (Wildman–Crippen LogP) is 2.44. The standard InChI is InChI=1S/C15H18O3/c1-3-12-17-14-10-8-6-5-7-9-11-15(16)18-13-4-2/h2,5,7,9,11H,6,8,10,13-14H2,1H3/b7-5+,11-9+. The lowest BCUT2D eigenvalue weighted by atomic mass is 10.2. The molecule has 0 amide bonds. The highest BCUT2D eigenvalue weighted by Crippen LogP contribution is 1.97. The number of hydrogen-bond donors (Lipinski definition) is 0. The Hall–Kier alpha value is -2.13. The quantitative estimate of drug-likeness (QED) is 0.217. The van der Waals surface area contributed by atoms with Crippen LogP contribution in [-0.4, -0.2) is 19.2 Å². The van der Waals surface area contributed by atoms with E-state index in [1.165, 1.54) is 6.08 Å². The molecule has 96 valence electrons. The number of unbranched alkanes of at least 4 members (excludes halogenated alkanes) is 2. The van der Waals surface area contributed by atoms with Crippen LogP contribution < -0.4 is 0 Å². The Morgan fingerprint density at radius 2 is 2.17 bits per heavy atom. The molecule has 0 atom stereocenters. The van der Waals surface area contributed by atoms with Gasteiger partial charge in [-0.05, 0) is 19.3 Å². The van der Waals surface area contributed by atoms with Crippen molar-refractivity contribution in [1.82, 2.24) is 0 Å². The molecule has 18 heavy (non-hydrogen) atoms. The van der Waals surface area contributed by atoms with Gasteiger partial charge in [0, 0.05) is 13.0 Å². The van der Waals surface area contributed by atoms with Gasteiger partial charge in [-0.2, -0.15) is 0 Å². The van der Waals surface area contributed by atoms with Gasteiger partial charge in [-0.15, -0.1) is 6.42 Å². The zero-order chi connectivity index (χ0) is 13.5. The molecule has 0 aliphatic carbocycles. The molecule has 0 fully saturated rings.